The Hall–Kier alpha value is -1.81. The van der Waals surface area contributed by atoms with Crippen molar-refractivity contribution in [2.45, 2.75) is 19.1 Å². The van der Waals surface area contributed by atoms with Crippen LogP contribution in [0.25, 0.3) is 10.9 Å². The normalized spacial score (nSPS) is 14.9. The van der Waals surface area contributed by atoms with Crippen LogP contribution in [-0.2, 0) is 11.3 Å². The van der Waals surface area contributed by atoms with E-state index in [4.69, 9.17) is 5.11 Å². The number of carbonyl (C=O) groups is 1. The summed E-state index contributed by atoms with van der Waals surface area (Å²) in [4.78, 5) is 10.8. The summed E-state index contributed by atoms with van der Waals surface area (Å²) in [6.07, 6.45) is 1.78. The van der Waals surface area contributed by atoms with Gasteiger partial charge in [-0.25, -0.2) is 4.79 Å². The van der Waals surface area contributed by atoms with Crippen LogP contribution in [0.2, 0.25) is 0 Å². The van der Waals surface area contributed by atoms with Crippen LogP contribution >= 0.6 is 0 Å². The lowest BCUT2D eigenvalue weighted by atomic mass is 10.1. The molecule has 0 fully saturated rings. The van der Waals surface area contributed by atoms with Crippen LogP contribution in [0.4, 0.5) is 0 Å². The van der Waals surface area contributed by atoms with Gasteiger partial charge in [0.05, 0.1) is 6.54 Å². The second-order valence-corrected chi connectivity index (χ2v) is 4.08. The Balaban J connectivity index is 2.38. The topological polar surface area (TPSA) is 62.5 Å². The molecular formula is C12H13NO3. The maximum atomic E-state index is 10.8. The average Bonchev–Trinajstić information content (AvgIpc) is 2.61. The molecule has 1 atom stereocenters. The number of fused-ring (bicyclic) bond motifs is 1. The molecule has 1 heterocycles. The van der Waals surface area contributed by atoms with Gasteiger partial charge in [0, 0.05) is 11.7 Å². The van der Waals surface area contributed by atoms with Gasteiger partial charge in [-0.15, -0.1) is 0 Å². The van der Waals surface area contributed by atoms with Crippen LogP contribution in [0.5, 0.6) is 0 Å². The molecule has 0 aliphatic carbocycles. The fourth-order valence-electron chi connectivity index (χ4n) is 1.68. The molecular weight excluding hydrogens is 206 g/mol. The van der Waals surface area contributed by atoms with Gasteiger partial charge in [-0.05, 0) is 24.4 Å². The zero-order valence-electron chi connectivity index (χ0n) is 8.92. The largest absolute Gasteiger partial charge is 0.479 e. The average molecular weight is 219 g/mol. The zero-order valence-corrected chi connectivity index (χ0v) is 8.92. The van der Waals surface area contributed by atoms with Crippen molar-refractivity contribution in [3.05, 3.63) is 36.5 Å². The smallest absolute Gasteiger partial charge is 0.337 e. The van der Waals surface area contributed by atoms with E-state index in [0.717, 1.165) is 10.9 Å². The minimum atomic E-state index is -1.75. The highest BCUT2D eigenvalue weighted by Crippen LogP contribution is 2.18. The van der Waals surface area contributed by atoms with E-state index in [1.54, 1.807) is 10.8 Å². The third-order valence-electron chi connectivity index (χ3n) is 2.62. The molecule has 1 aromatic carbocycles. The number of hydrogen-bond acceptors (Lipinski definition) is 2. The Labute approximate surface area is 92.7 Å². The Kier molecular flexibility index (Phi) is 2.44. The fourth-order valence-corrected chi connectivity index (χ4v) is 1.68. The maximum absolute atomic E-state index is 10.8. The van der Waals surface area contributed by atoms with E-state index < -0.39 is 11.6 Å². The third-order valence-corrected chi connectivity index (χ3v) is 2.62. The van der Waals surface area contributed by atoms with Crippen molar-refractivity contribution in [2.24, 2.45) is 0 Å². The Morgan fingerprint density at radius 2 is 2.06 bits per heavy atom. The third kappa shape index (κ3) is 1.79. The number of hydrogen-bond donors (Lipinski definition) is 2. The first-order valence-corrected chi connectivity index (χ1v) is 5.00. The summed E-state index contributed by atoms with van der Waals surface area (Å²) >= 11 is 0. The second-order valence-electron chi connectivity index (χ2n) is 4.08. The van der Waals surface area contributed by atoms with Crippen molar-refractivity contribution in [2.75, 3.05) is 0 Å². The highest BCUT2D eigenvalue weighted by molar-refractivity contribution is 5.81. The molecule has 4 heteroatoms. The number of benzene rings is 1. The van der Waals surface area contributed by atoms with E-state index >= 15 is 0 Å². The van der Waals surface area contributed by atoms with Gasteiger partial charge >= 0.3 is 5.97 Å². The number of nitrogens with zero attached hydrogens (tertiary/aromatic N) is 1. The molecule has 1 aromatic heterocycles. The van der Waals surface area contributed by atoms with Crippen molar-refractivity contribution in [1.82, 2.24) is 4.57 Å². The molecule has 0 amide bonds. The lowest BCUT2D eigenvalue weighted by Crippen LogP contribution is -2.39. The van der Waals surface area contributed by atoms with E-state index in [2.05, 4.69) is 0 Å². The minimum absolute atomic E-state index is 0.0375. The molecule has 0 saturated carbocycles. The van der Waals surface area contributed by atoms with Crippen LogP contribution in [-0.4, -0.2) is 26.4 Å². The van der Waals surface area contributed by atoms with E-state index in [1.165, 1.54) is 6.92 Å². The molecule has 84 valence electrons. The molecule has 0 radical (unpaired) electrons. The first kappa shape index (κ1) is 10.7. The summed E-state index contributed by atoms with van der Waals surface area (Å²) in [5.41, 5.74) is -0.828. The number of rotatable bonds is 3. The summed E-state index contributed by atoms with van der Waals surface area (Å²) in [5, 5.41) is 19.6. The van der Waals surface area contributed by atoms with Gasteiger partial charge in [0.2, 0.25) is 0 Å². The minimum Gasteiger partial charge on any atom is -0.479 e. The molecule has 0 saturated heterocycles. The van der Waals surface area contributed by atoms with E-state index in [-0.39, 0.29) is 6.54 Å². The summed E-state index contributed by atoms with van der Waals surface area (Å²) in [6.45, 7) is 1.33. The zero-order chi connectivity index (χ0) is 11.8. The van der Waals surface area contributed by atoms with E-state index in [0.29, 0.717) is 0 Å². The van der Waals surface area contributed by atoms with Crippen LogP contribution in [0.3, 0.4) is 0 Å². The van der Waals surface area contributed by atoms with Gasteiger partial charge < -0.3 is 14.8 Å². The predicted molar refractivity (Wildman–Crippen MR) is 60.2 cm³/mol. The number of aliphatic carboxylic acids is 1. The van der Waals surface area contributed by atoms with Crippen LogP contribution in [0.15, 0.2) is 36.5 Å². The monoisotopic (exact) mass is 219 g/mol. The SMILES string of the molecule is CC(O)(Cn1ccc2ccccc21)C(=O)O. The first-order valence-electron chi connectivity index (χ1n) is 5.00. The number of para-hydroxylation sites is 1. The van der Waals surface area contributed by atoms with E-state index in [9.17, 15) is 9.90 Å². The first-order chi connectivity index (χ1) is 7.50. The van der Waals surface area contributed by atoms with Crippen molar-refractivity contribution in [3.63, 3.8) is 0 Å². The van der Waals surface area contributed by atoms with Gasteiger partial charge in [-0.2, -0.15) is 0 Å². The van der Waals surface area contributed by atoms with Crippen molar-refractivity contribution in [1.29, 1.82) is 0 Å². The Morgan fingerprint density at radius 1 is 1.38 bits per heavy atom. The Morgan fingerprint density at radius 3 is 2.75 bits per heavy atom. The number of carboxylic acids is 1. The summed E-state index contributed by atoms with van der Waals surface area (Å²) in [6, 6.07) is 9.54. The molecule has 0 aliphatic heterocycles. The molecule has 2 rings (SSSR count). The lowest BCUT2D eigenvalue weighted by molar-refractivity contribution is -0.157. The van der Waals surface area contributed by atoms with Gasteiger partial charge in [0.1, 0.15) is 0 Å². The lowest BCUT2D eigenvalue weighted by Gasteiger charge is -2.19. The number of carboxylic acid groups (broad SMARTS) is 1. The Bertz CT molecular complexity index is 528. The number of aliphatic hydroxyl groups is 1. The van der Waals surface area contributed by atoms with Gasteiger partial charge in [0.25, 0.3) is 0 Å². The highest BCUT2D eigenvalue weighted by atomic mass is 16.4. The molecule has 1 unspecified atom stereocenters. The predicted octanol–water partition coefficient (Wildman–Crippen LogP) is 1.48. The van der Waals surface area contributed by atoms with Crippen LogP contribution in [0, 0.1) is 0 Å². The highest BCUT2D eigenvalue weighted by Gasteiger charge is 2.30. The molecule has 2 aromatic rings. The molecule has 0 bridgehead atoms. The maximum Gasteiger partial charge on any atom is 0.337 e. The summed E-state index contributed by atoms with van der Waals surface area (Å²) < 4.78 is 1.74. The van der Waals surface area contributed by atoms with Crippen molar-refractivity contribution >= 4 is 16.9 Å². The quantitative estimate of drug-likeness (QED) is 0.821. The molecule has 4 nitrogen and oxygen atoms in total. The van der Waals surface area contributed by atoms with Gasteiger partial charge in [0.15, 0.2) is 5.60 Å². The van der Waals surface area contributed by atoms with Gasteiger partial charge in [-0.1, -0.05) is 18.2 Å². The van der Waals surface area contributed by atoms with Crippen molar-refractivity contribution in [3.8, 4) is 0 Å². The molecule has 0 aliphatic rings. The standard InChI is InChI=1S/C12H13NO3/c1-12(16,11(14)15)8-13-7-6-9-4-2-3-5-10(9)13/h2-7,16H,8H2,1H3,(H,14,15). The second kappa shape index (κ2) is 3.64. The van der Waals surface area contributed by atoms with Gasteiger partial charge in [-0.3, -0.25) is 0 Å². The van der Waals surface area contributed by atoms with Crippen molar-refractivity contribution < 1.29 is 15.0 Å². The summed E-state index contributed by atoms with van der Waals surface area (Å²) in [5.74, 6) is -1.22. The number of aromatic nitrogens is 1. The molecule has 0 spiro atoms. The molecule has 16 heavy (non-hydrogen) atoms. The van der Waals surface area contributed by atoms with Crippen LogP contribution < -0.4 is 0 Å². The summed E-state index contributed by atoms with van der Waals surface area (Å²) in [7, 11) is 0. The molecule has 2 N–H and O–H groups in total. The fraction of sp³-hybridized carbons (Fsp3) is 0.250. The van der Waals surface area contributed by atoms with Crippen LogP contribution in [0.1, 0.15) is 6.92 Å². The van der Waals surface area contributed by atoms with E-state index in [1.807, 2.05) is 30.3 Å².